The zero-order valence-electron chi connectivity index (χ0n) is 11.0. The second-order valence-corrected chi connectivity index (χ2v) is 4.60. The molecule has 0 radical (unpaired) electrons. The summed E-state index contributed by atoms with van der Waals surface area (Å²) in [5, 5.41) is 0. The van der Waals surface area contributed by atoms with Gasteiger partial charge in [0.15, 0.2) is 0 Å². The maximum atomic E-state index is 13.8. The van der Waals surface area contributed by atoms with Gasteiger partial charge in [-0.1, -0.05) is 12.1 Å². The van der Waals surface area contributed by atoms with Crippen LogP contribution in [0.25, 0.3) is 22.4 Å². The second-order valence-electron chi connectivity index (χ2n) is 4.60. The Hall–Kier alpha value is -2.55. The van der Waals surface area contributed by atoms with Gasteiger partial charge in [-0.05, 0) is 48.4 Å². The molecule has 1 aromatic carbocycles. The summed E-state index contributed by atoms with van der Waals surface area (Å²) in [6.45, 7) is 2.00. The molecule has 0 bridgehead atoms. The van der Waals surface area contributed by atoms with Crippen LogP contribution in [0.3, 0.4) is 0 Å². The molecular formula is C17H13FN2. The Bertz CT molecular complexity index is 739. The first-order valence-electron chi connectivity index (χ1n) is 6.37. The molecule has 0 N–H and O–H groups in total. The number of nitrogens with zero attached hydrogens (tertiary/aromatic N) is 2. The summed E-state index contributed by atoms with van der Waals surface area (Å²) in [6.07, 6.45) is 5.28. The first-order chi connectivity index (χ1) is 9.75. The lowest BCUT2D eigenvalue weighted by Crippen LogP contribution is -1.91. The van der Waals surface area contributed by atoms with Crippen LogP contribution in [0, 0.1) is 12.7 Å². The number of aromatic nitrogens is 2. The highest BCUT2D eigenvalue weighted by Crippen LogP contribution is 2.27. The van der Waals surface area contributed by atoms with Gasteiger partial charge in [-0.2, -0.15) is 0 Å². The van der Waals surface area contributed by atoms with E-state index < -0.39 is 0 Å². The zero-order chi connectivity index (χ0) is 13.9. The van der Waals surface area contributed by atoms with E-state index in [1.54, 1.807) is 30.7 Å². The first-order valence-corrected chi connectivity index (χ1v) is 6.37. The quantitative estimate of drug-likeness (QED) is 0.691. The van der Waals surface area contributed by atoms with Crippen molar-refractivity contribution in [2.24, 2.45) is 0 Å². The molecule has 2 aromatic heterocycles. The highest BCUT2D eigenvalue weighted by molar-refractivity contribution is 5.70. The van der Waals surface area contributed by atoms with Crippen LogP contribution < -0.4 is 0 Å². The summed E-state index contributed by atoms with van der Waals surface area (Å²) in [7, 11) is 0. The maximum Gasteiger partial charge on any atom is 0.132 e. The molecule has 0 aliphatic rings. The predicted octanol–water partition coefficient (Wildman–Crippen LogP) is 4.26. The molecule has 20 heavy (non-hydrogen) atoms. The summed E-state index contributed by atoms with van der Waals surface area (Å²) in [5.74, 6) is -0.254. The second kappa shape index (κ2) is 5.21. The lowest BCUT2D eigenvalue weighted by atomic mass is 10.0. The highest BCUT2D eigenvalue weighted by atomic mass is 19.1. The molecule has 2 nitrogen and oxygen atoms in total. The Kier molecular flexibility index (Phi) is 3.25. The lowest BCUT2D eigenvalue weighted by Gasteiger charge is -2.08. The van der Waals surface area contributed by atoms with Crippen molar-refractivity contribution in [1.29, 1.82) is 0 Å². The Morgan fingerprint density at radius 3 is 2.40 bits per heavy atom. The summed E-state index contributed by atoms with van der Waals surface area (Å²) >= 11 is 0. The maximum absolute atomic E-state index is 13.8. The number of hydrogen-bond donors (Lipinski definition) is 0. The van der Waals surface area contributed by atoms with Crippen molar-refractivity contribution in [2.45, 2.75) is 6.92 Å². The topological polar surface area (TPSA) is 25.8 Å². The van der Waals surface area contributed by atoms with Gasteiger partial charge < -0.3 is 0 Å². The van der Waals surface area contributed by atoms with Gasteiger partial charge in [0.1, 0.15) is 5.82 Å². The molecule has 0 spiro atoms. The summed E-state index contributed by atoms with van der Waals surface area (Å²) in [6, 6.07) is 12.5. The summed E-state index contributed by atoms with van der Waals surface area (Å²) in [5.41, 5.74) is 4.33. The van der Waals surface area contributed by atoms with E-state index >= 15 is 0 Å². The average Bonchev–Trinajstić information content (AvgIpc) is 2.48. The fourth-order valence-corrected chi connectivity index (χ4v) is 2.21. The zero-order valence-corrected chi connectivity index (χ0v) is 11.0. The van der Waals surface area contributed by atoms with Crippen molar-refractivity contribution in [3.8, 4) is 22.4 Å². The molecule has 0 saturated carbocycles. The van der Waals surface area contributed by atoms with Gasteiger partial charge in [-0.3, -0.25) is 9.97 Å². The molecule has 0 aliphatic heterocycles. The van der Waals surface area contributed by atoms with Crippen LogP contribution in [0.2, 0.25) is 0 Å². The van der Waals surface area contributed by atoms with Gasteiger partial charge in [0.05, 0.1) is 5.69 Å². The number of benzene rings is 1. The Balaban J connectivity index is 2.07. The molecule has 3 aromatic rings. The van der Waals surface area contributed by atoms with E-state index in [4.69, 9.17) is 0 Å². The standard InChI is InChI=1S/C17H13FN2/c1-12-10-17(14-4-2-3-5-16(14)18)20-11-15(12)13-6-8-19-9-7-13/h2-11H,1H3. The minimum Gasteiger partial charge on any atom is -0.265 e. The first kappa shape index (κ1) is 12.5. The minimum atomic E-state index is -0.254. The van der Waals surface area contributed by atoms with Crippen LogP contribution in [0.5, 0.6) is 0 Å². The number of hydrogen-bond acceptors (Lipinski definition) is 2. The van der Waals surface area contributed by atoms with E-state index in [0.29, 0.717) is 11.3 Å². The normalized spacial score (nSPS) is 10.5. The number of aryl methyl sites for hydroxylation is 1. The third-order valence-electron chi connectivity index (χ3n) is 3.25. The fourth-order valence-electron chi connectivity index (χ4n) is 2.21. The third kappa shape index (κ3) is 2.30. The number of rotatable bonds is 2. The molecule has 3 rings (SSSR count). The van der Waals surface area contributed by atoms with E-state index in [0.717, 1.165) is 16.7 Å². The molecule has 0 amide bonds. The van der Waals surface area contributed by atoms with Crippen molar-refractivity contribution < 1.29 is 4.39 Å². The predicted molar refractivity (Wildman–Crippen MR) is 77.6 cm³/mol. The molecule has 98 valence electrons. The van der Waals surface area contributed by atoms with Crippen molar-refractivity contribution in [3.63, 3.8) is 0 Å². The van der Waals surface area contributed by atoms with E-state index in [2.05, 4.69) is 9.97 Å². The number of pyridine rings is 2. The SMILES string of the molecule is Cc1cc(-c2ccccc2F)ncc1-c1ccncc1. The molecule has 3 heteroatoms. The van der Waals surface area contributed by atoms with Gasteiger partial charge >= 0.3 is 0 Å². The average molecular weight is 264 g/mol. The molecule has 0 aliphatic carbocycles. The van der Waals surface area contributed by atoms with Gasteiger partial charge in [0.25, 0.3) is 0 Å². The Labute approximate surface area is 117 Å². The van der Waals surface area contributed by atoms with Crippen LogP contribution in [0.15, 0.2) is 61.1 Å². The van der Waals surface area contributed by atoms with Crippen molar-refractivity contribution in [1.82, 2.24) is 9.97 Å². The highest BCUT2D eigenvalue weighted by Gasteiger charge is 2.08. The van der Waals surface area contributed by atoms with Crippen LogP contribution in [-0.4, -0.2) is 9.97 Å². The minimum absolute atomic E-state index is 0.254. The van der Waals surface area contributed by atoms with E-state index in [-0.39, 0.29) is 5.82 Å². The van der Waals surface area contributed by atoms with Gasteiger partial charge in [0, 0.05) is 29.7 Å². The largest absolute Gasteiger partial charge is 0.265 e. The van der Waals surface area contributed by atoms with E-state index in [9.17, 15) is 4.39 Å². The van der Waals surface area contributed by atoms with Crippen molar-refractivity contribution in [3.05, 3.63) is 72.4 Å². The van der Waals surface area contributed by atoms with Crippen molar-refractivity contribution >= 4 is 0 Å². The van der Waals surface area contributed by atoms with Gasteiger partial charge in [0.2, 0.25) is 0 Å². The van der Waals surface area contributed by atoms with Crippen LogP contribution in [0.1, 0.15) is 5.56 Å². The molecule has 0 atom stereocenters. The van der Waals surface area contributed by atoms with Crippen LogP contribution >= 0.6 is 0 Å². The molecule has 0 unspecified atom stereocenters. The molecule has 0 saturated heterocycles. The van der Waals surface area contributed by atoms with E-state index in [1.165, 1.54) is 6.07 Å². The van der Waals surface area contributed by atoms with Crippen molar-refractivity contribution in [2.75, 3.05) is 0 Å². The Morgan fingerprint density at radius 2 is 1.70 bits per heavy atom. The van der Waals surface area contributed by atoms with Gasteiger partial charge in [-0.25, -0.2) is 4.39 Å². The monoisotopic (exact) mass is 264 g/mol. The summed E-state index contributed by atoms with van der Waals surface area (Å²) < 4.78 is 13.8. The van der Waals surface area contributed by atoms with Gasteiger partial charge in [-0.15, -0.1) is 0 Å². The van der Waals surface area contributed by atoms with Crippen LogP contribution in [-0.2, 0) is 0 Å². The molecule has 2 heterocycles. The third-order valence-corrected chi connectivity index (χ3v) is 3.25. The van der Waals surface area contributed by atoms with Crippen LogP contribution in [0.4, 0.5) is 4.39 Å². The van der Waals surface area contributed by atoms with E-state index in [1.807, 2.05) is 31.2 Å². The Morgan fingerprint density at radius 1 is 0.950 bits per heavy atom. The smallest absolute Gasteiger partial charge is 0.132 e. The number of halogens is 1. The summed E-state index contributed by atoms with van der Waals surface area (Å²) in [4.78, 5) is 8.39. The fraction of sp³-hybridized carbons (Fsp3) is 0.0588. The lowest BCUT2D eigenvalue weighted by molar-refractivity contribution is 0.630. The molecule has 0 fully saturated rings. The molecular weight excluding hydrogens is 251 g/mol.